The minimum atomic E-state index is -0.180. The zero-order chi connectivity index (χ0) is 16.4. The smallest absolute Gasteiger partial charge is 0.238 e. The number of amides is 1. The van der Waals surface area contributed by atoms with Gasteiger partial charge in [-0.3, -0.25) is 9.89 Å². The van der Waals surface area contributed by atoms with Crippen LogP contribution in [0, 0.1) is 6.92 Å². The van der Waals surface area contributed by atoms with Crippen LogP contribution in [0.3, 0.4) is 0 Å². The lowest BCUT2D eigenvalue weighted by atomic mass is 10.0. The maximum atomic E-state index is 12.2. The molecular weight excluding hydrogens is 310 g/mol. The first-order valence-electron chi connectivity index (χ1n) is 7.45. The van der Waals surface area contributed by atoms with E-state index in [4.69, 9.17) is 4.74 Å². The Morgan fingerprint density at radius 2 is 2.22 bits per heavy atom. The molecule has 23 heavy (non-hydrogen) atoms. The second-order valence-corrected chi connectivity index (χ2v) is 6.85. The highest BCUT2D eigenvalue weighted by Crippen LogP contribution is 2.47. The molecule has 0 saturated heterocycles. The molecule has 6 heteroatoms. The largest absolute Gasteiger partial charge is 0.489 e. The number of hydrogen-bond acceptors (Lipinski definition) is 4. The fourth-order valence-electron chi connectivity index (χ4n) is 2.61. The molecular formula is C17H19N3O2S. The Morgan fingerprint density at radius 3 is 3.00 bits per heavy atom. The van der Waals surface area contributed by atoms with Crippen LogP contribution < -0.4 is 10.1 Å². The van der Waals surface area contributed by atoms with Gasteiger partial charge < -0.3 is 10.1 Å². The van der Waals surface area contributed by atoms with Gasteiger partial charge in [0.25, 0.3) is 0 Å². The summed E-state index contributed by atoms with van der Waals surface area (Å²) >= 11 is 1.60. The van der Waals surface area contributed by atoms with E-state index in [-0.39, 0.29) is 16.4 Å². The number of carbonyl (C=O) groups is 1. The Hall–Kier alpha value is -2.21. The van der Waals surface area contributed by atoms with Crippen LogP contribution in [0.1, 0.15) is 29.0 Å². The molecule has 1 aromatic carbocycles. The molecule has 0 fully saturated rings. The van der Waals surface area contributed by atoms with Crippen LogP contribution in [0.2, 0.25) is 0 Å². The molecule has 0 aliphatic carbocycles. The van der Waals surface area contributed by atoms with E-state index in [1.54, 1.807) is 17.8 Å². The number of nitrogens with zero attached hydrogens (tertiary/aromatic N) is 1. The fourth-order valence-corrected chi connectivity index (χ4v) is 3.97. The van der Waals surface area contributed by atoms with Gasteiger partial charge in [-0.25, -0.2) is 0 Å². The monoisotopic (exact) mass is 329 g/mol. The summed E-state index contributed by atoms with van der Waals surface area (Å²) in [6.45, 7) is 8.01. The Bertz CT molecular complexity index is 741. The average molecular weight is 329 g/mol. The van der Waals surface area contributed by atoms with Crippen molar-refractivity contribution in [3.63, 3.8) is 0 Å². The van der Waals surface area contributed by atoms with Crippen LogP contribution in [0.5, 0.6) is 5.75 Å². The summed E-state index contributed by atoms with van der Waals surface area (Å²) in [6, 6.07) is 7.91. The van der Waals surface area contributed by atoms with E-state index in [1.165, 1.54) is 0 Å². The van der Waals surface area contributed by atoms with Gasteiger partial charge in [-0.1, -0.05) is 30.9 Å². The third kappa shape index (κ3) is 2.99. The van der Waals surface area contributed by atoms with Crippen LogP contribution in [-0.2, 0) is 4.79 Å². The number of aromatic amines is 1. The molecule has 3 rings (SSSR count). The number of aryl methyl sites for hydroxylation is 1. The molecule has 2 aromatic rings. The predicted octanol–water partition coefficient (Wildman–Crippen LogP) is 3.45. The van der Waals surface area contributed by atoms with Gasteiger partial charge in [-0.05, 0) is 19.9 Å². The fraction of sp³-hybridized carbons (Fsp3) is 0.294. The van der Waals surface area contributed by atoms with E-state index in [0.717, 1.165) is 22.6 Å². The molecule has 2 atom stereocenters. The van der Waals surface area contributed by atoms with E-state index >= 15 is 0 Å². The third-order valence-electron chi connectivity index (χ3n) is 3.77. The molecule has 2 N–H and O–H groups in total. The van der Waals surface area contributed by atoms with Crippen molar-refractivity contribution in [1.82, 2.24) is 10.2 Å². The number of fused-ring (bicyclic) bond motifs is 1. The van der Waals surface area contributed by atoms with Crippen molar-refractivity contribution in [2.75, 3.05) is 11.9 Å². The molecule has 0 radical (unpaired) electrons. The molecule has 1 aromatic heterocycles. The summed E-state index contributed by atoms with van der Waals surface area (Å²) in [5.74, 6) is 1.38. The molecule has 0 bridgehead atoms. The summed E-state index contributed by atoms with van der Waals surface area (Å²) in [5, 5.41) is 9.90. The van der Waals surface area contributed by atoms with Crippen molar-refractivity contribution in [2.45, 2.75) is 24.3 Å². The van der Waals surface area contributed by atoms with Crippen LogP contribution >= 0.6 is 11.8 Å². The standard InChI is InChI=1S/C17H19N3O2S/c1-4-9-22-13-8-6-5-7-12(13)15-14-10(2)19-20-16(14)18-17(21)11(3)23-15/h4-8,11,15H,1,9H2,2-3H3,(H2,18,19,20,21)/t11-,15+/m0/s1. The molecule has 0 saturated carbocycles. The lowest BCUT2D eigenvalue weighted by molar-refractivity contribution is -0.115. The summed E-state index contributed by atoms with van der Waals surface area (Å²) in [7, 11) is 0. The maximum absolute atomic E-state index is 12.2. The SMILES string of the molecule is C=CCOc1ccccc1[C@H]1S[C@@H](C)C(=O)Nc2n[nH]c(C)c21. The van der Waals surface area contributed by atoms with Crippen LogP contribution in [-0.4, -0.2) is 28.0 Å². The van der Waals surface area contributed by atoms with Gasteiger partial charge in [0.15, 0.2) is 5.82 Å². The Kier molecular flexibility index (Phi) is 4.43. The molecule has 5 nitrogen and oxygen atoms in total. The number of hydrogen-bond donors (Lipinski definition) is 2. The minimum absolute atomic E-state index is 0.0290. The number of aromatic nitrogens is 2. The van der Waals surface area contributed by atoms with Crippen molar-refractivity contribution in [1.29, 1.82) is 0 Å². The second-order valence-electron chi connectivity index (χ2n) is 5.40. The number of benzene rings is 1. The molecule has 1 aliphatic rings. The van der Waals surface area contributed by atoms with Gasteiger partial charge >= 0.3 is 0 Å². The minimum Gasteiger partial charge on any atom is -0.489 e. The second kappa shape index (κ2) is 6.50. The molecule has 0 unspecified atom stereocenters. The van der Waals surface area contributed by atoms with Crippen LogP contribution in [0.4, 0.5) is 5.82 Å². The van der Waals surface area contributed by atoms with Gasteiger partial charge in [0.2, 0.25) is 5.91 Å². The number of carbonyl (C=O) groups excluding carboxylic acids is 1. The van der Waals surface area contributed by atoms with Crippen molar-refractivity contribution >= 4 is 23.5 Å². The van der Waals surface area contributed by atoms with Crippen molar-refractivity contribution in [2.24, 2.45) is 0 Å². The van der Waals surface area contributed by atoms with Gasteiger partial charge in [0.05, 0.1) is 10.5 Å². The van der Waals surface area contributed by atoms with Crippen molar-refractivity contribution < 1.29 is 9.53 Å². The summed E-state index contributed by atoms with van der Waals surface area (Å²) in [4.78, 5) is 12.2. The zero-order valence-corrected chi connectivity index (χ0v) is 13.9. The highest BCUT2D eigenvalue weighted by Gasteiger charge is 2.33. The highest BCUT2D eigenvalue weighted by molar-refractivity contribution is 8.01. The van der Waals surface area contributed by atoms with E-state index in [9.17, 15) is 4.79 Å². The summed E-state index contributed by atoms with van der Waals surface area (Å²) < 4.78 is 5.81. The Morgan fingerprint density at radius 1 is 1.43 bits per heavy atom. The lowest BCUT2D eigenvalue weighted by Gasteiger charge is -2.20. The predicted molar refractivity (Wildman–Crippen MR) is 93.0 cm³/mol. The molecule has 2 heterocycles. The molecule has 120 valence electrons. The normalized spacial score (nSPS) is 20.3. The number of rotatable bonds is 4. The number of thioether (sulfide) groups is 1. The maximum Gasteiger partial charge on any atom is 0.238 e. The molecule has 1 aliphatic heterocycles. The van der Waals surface area contributed by atoms with Crippen molar-refractivity contribution in [3.8, 4) is 5.75 Å². The summed E-state index contributed by atoms with van der Waals surface area (Å²) in [5.41, 5.74) is 2.99. The summed E-state index contributed by atoms with van der Waals surface area (Å²) in [6.07, 6.45) is 1.72. The van der Waals surface area contributed by atoms with Crippen molar-refractivity contribution in [3.05, 3.63) is 53.7 Å². The number of anilines is 1. The zero-order valence-electron chi connectivity index (χ0n) is 13.1. The lowest BCUT2D eigenvalue weighted by Crippen LogP contribution is -2.21. The van der Waals surface area contributed by atoms with Gasteiger partial charge in [-0.15, -0.1) is 11.8 Å². The topological polar surface area (TPSA) is 67.0 Å². The number of H-pyrrole nitrogens is 1. The van der Waals surface area contributed by atoms with Gasteiger partial charge in [0.1, 0.15) is 12.4 Å². The molecule has 1 amide bonds. The van der Waals surface area contributed by atoms with Crippen LogP contribution in [0.25, 0.3) is 0 Å². The number of ether oxygens (including phenoxy) is 1. The third-order valence-corrected chi connectivity index (χ3v) is 5.15. The van der Waals surface area contributed by atoms with E-state index in [0.29, 0.717) is 12.4 Å². The van der Waals surface area contributed by atoms with E-state index in [1.807, 2.05) is 38.1 Å². The Balaban J connectivity index is 2.09. The van der Waals surface area contributed by atoms with E-state index in [2.05, 4.69) is 22.1 Å². The molecule has 0 spiro atoms. The first-order chi connectivity index (χ1) is 11.1. The van der Waals surface area contributed by atoms with Crippen LogP contribution in [0.15, 0.2) is 36.9 Å². The number of nitrogens with one attached hydrogen (secondary N) is 2. The van der Waals surface area contributed by atoms with Gasteiger partial charge in [-0.2, -0.15) is 5.10 Å². The first-order valence-corrected chi connectivity index (χ1v) is 8.40. The average Bonchev–Trinajstić information content (AvgIpc) is 2.85. The first kappa shape index (κ1) is 15.7. The quantitative estimate of drug-likeness (QED) is 0.843. The number of para-hydroxylation sites is 1. The Labute approximate surface area is 139 Å². The van der Waals surface area contributed by atoms with E-state index < -0.39 is 0 Å². The van der Waals surface area contributed by atoms with Gasteiger partial charge in [0, 0.05) is 16.8 Å². The highest BCUT2D eigenvalue weighted by atomic mass is 32.2.